The van der Waals surface area contributed by atoms with Gasteiger partial charge in [0.1, 0.15) is 6.04 Å². The smallest absolute Gasteiger partial charge is 0.326 e. The minimum Gasteiger partial charge on any atom is -0.480 e. The molecule has 20 heavy (non-hydrogen) atoms. The summed E-state index contributed by atoms with van der Waals surface area (Å²) in [7, 11) is 0. The van der Waals surface area contributed by atoms with E-state index in [0.29, 0.717) is 5.56 Å². The number of carboxylic acid groups (broad SMARTS) is 1. The molecule has 1 aromatic heterocycles. The molecule has 0 spiro atoms. The second-order valence-corrected chi connectivity index (χ2v) is 5.04. The molecule has 0 bridgehead atoms. The molecule has 3 rings (SSSR count). The van der Waals surface area contributed by atoms with E-state index in [4.69, 9.17) is 5.11 Å². The second-order valence-electron chi connectivity index (χ2n) is 5.04. The van der Waals surface area contributed by atoms with Gasteiger partial charge in [-0.3, -0.25) is 9.78 Å². The summed E-state index contributed by atoms with van der Waals surface area (Å²) >= 11 is 0. The van der Waals surface area contributed by atoms with E-state index in [0.717, 1.165) is 23.7 Å². The Kier molecular flexibility index (Phi) is 3.10. The molecule has 5 heteroatoms. The number of aromatic nitrogens is 1. The average Bonchev–Trinajstić information content (AvgIpc) is 3.28. The van der Waals surface area contributed by atoms with Gasteiger partial charge >= 0.3 is 5.97 Å². The Labute approximate surface area is 115 Å². The number of amides is 1. The maximum atomic E-state index is 12.1. The van der Waals surface area contributed by atoms with Crippen molar-refractivity contribution in [2.45, 2.75) is 18.9 Å². The number of aliphatic carboxylic acids is 1. The number of hydrogen-bond acceptors (Lipinski definition) is 3. The van der Waals surface area contributed by atoms with E-state index in [1.807, 2.05) is 6.07 Å². The van der Waals surface area contributed by atoms with Crippen molar-refractivity contribution in [2.75, 3.05) is 0 Å². The van der Waals surface area contributed by atoms with E-state index in [1.165, 1.54) is 0 Å². The molecule has 1 amide bonds. The van der Waals surface area contributed by atoms with Gasteiger partial charge in [-0.1, -0.05) is 6.07 Å². The largest absolute Gasteiger partial charge is 0.480 e. The summed E-state index contributed by atoms with van der Waals surface area (Å²) in [5.74, 6) is -1.25. The molecule has 0 saturated heterocycles. The Bertz CT molecular complexity index is 680. The quantitative estimate of drug-likeness (QED) is 0.888. The first kappa shape index (κ1) is 12.6. The van der Waals surface area contributed by atoms with E-state index >= 15 is 0 Å². The minimum atomic E-state index is -0.969. The number of hydrogen-bond donors (Lipinski definition) is 2. The third kappa shape index (κ3) is 2.47. The van der Waals surface area contributed by atoms with Crippen molar-refractivity contribution in [2.24, 2.45) is 5.92 Å². The maximum Gasteiger partial charge on any atom is 0.326 e. The standard InChI is InChI=1S/C15H14N2O3/c18-14(17-13(15(19)20)9-3-4-9)11-5-6-12-10(8-11)2-1-7-16-12/h1-2,5-9,13H,3-4H2,(H,17,18)(H,19,20). The highest BCUT2D eigenvalue weighted by Crippen LogP contribution is 2.32. The van der Waals surface area contributed by atoms with Crippen molar-refractivity contribution in [3.8, 4) is 0 Å². The Balaban J connectivity index is 1.82. The topological polar surface area (TPSA) is 79.3 Å². The normalized spacial score (nSPS) is 15.8. The predicted octanol–water partition coefficient (Wildman–Crippen LogP) is 1.83. The minimum absolute atomic E-state index is 0.0681. The van der Waals surface area contributed by atoms with E-state index in [-0.39, 0.29) is 11.8 Å². The number of nitrogens with zero attached hydrogens (tertiary/aromatic N) is 1. The molecule has 1 aliphatic carbocycles. The molecule has 1 aromatic carbocycles. The number of pyridine rings is 1. The molecule has 2 N–H and O–H groups in total. The van der Waals surface area contributed by atoms with Crippen molar-refractivity contribution in [1.29, 1.82) is 0 Å². The van der Waals surface area contributed by atoms with Gasteiger partial charge in [0.2, 0.25) is 0 Å². The third-order valence-electron chi connectivity index (χ3n) is 3.51. The molecule has 1 saturated carbocycles. The van der Waals surface area contributed by atoms with Crippen molar-refractivity contribution in [1.82, 2.24) is 10.3 Å². The first-order valence-electron chi connectivity index (χ1n) is 6.53. The first-order chi connectivity index (χ1) is 9.65. The lowest BCUT2D eigenvalue weighted by atomic mass is 10.1. The maximum absolute atomic E-state index is 12.1. The molecule has 2 aromatic rings. The molecule has 1 atom stereocenters. The van der Waals surface area contributed by atoms with E-state index < -0.39 is 12.0 Å². The number of carboxylic acids is 1. The number of fused-ring (bicyclic) bond motifs is 1. The van der Waals surface area contributed by atoms with Gasteiger partial charge in [0.25, 0.3) is 5.91 Å². The highest BCUT2D eigenvalue weighted by Gasteiger charge is 2.37. The van der Waals surface area contributed by atoms with Crippen LogP contribution < -0.4 is 5.32 Å². The van der Waals surface area contributed by atoms with Crippen LogP contribution in [0.15, 0.2) is 36.5 Å². The fourth-order valence-corrected chi connectivity index (χ4v) is 2.25. The highest BCUT2D eigenvalue weighted by atomic mass is 16.4. The number of benzene rings is 1. The van der Waals surface area contributed by atoms with Crippen LogP contribution in [0.4, 0.5) is 0 Å². The molecule has 0 radical (unpaired) electrons. The zero-order valence-corrected chi connectivity index (χ0v) is 10.7. The first-order valence-corrected chi connectivity index (χ1v) is 6.53. The lowest BCUT2D eigenvalue weighted by Gasteiger charge is -2.13. The summed E-state index contributed by atoms with van der Waals surface area (Å²) in [5.41, 5.74) is 1.26. The molecule has 102 valence electrons. The summed E-state index contributed by atoms with van der Waals surface area (Å²) in [5, 5.41) is 12.6. The molecule has 5 nitrogen and oxygen atoms in total. The van der Waals surface area contributed by atoms with Gasteiger partial charge in [-0.05, 0) is 43.0 Å². The zero-order chi connectivity index (χ0) is 14.1. The highest BCUT2D eigenvalue weighted by molar-refractivity contribution is 5.99. The molecular formula is C15H14N2O3. The Hall–Kier alpha value is -2.43. The summed E-state index contributed by atoms with van der Waals surface area (Å²) in [6.07, 6.45) is 3.41. The van der Waals surface area contributed by atoms with Crippen LogP contribution in [0.2, 0.25) is 0 Å². The lowest BCUT2D eigenvalue weighted by molar-refractivity contribution is -0.139. The van der Waals surface area contributed by atoms with Gasteiger partial charge in [0.15, 0.2) is 0 Å². The van der Waals surface area contributed by atoms with E-state index in [2.05, 4.69) is 10.3 Å². The molecular weight excluding hydrogens is 256 g/mol. The van der Waals surface area contributed by atoms with Gasteiger partial charge in [-0.25, -0.2) is 4.79 Å². The fraction of sp³-hybridized carbons (Fsp3) is 0.267. The van der Waals surface area contributed by atoms with Gasteiger partial charge in [0, 0.05) is 17.1 Å². The van der Waals surface area contributed by atoms with Gasteiger partial charge in [-0.15, -0.1) is 0 Å². The monoisotopic (exact) mass is 270 g/mol. The van der Waals surface area contributed by atoms with Gasteiger partial charge < -0.3 is 10.4 Å². The van der Waals surface area contributed by atoms with E-state index in [9.17, 15) is 9.59 Å². The van der Waals surface area contributed by atoms with Crippen LogP contribution in [0.1, 0.15) is 23.2 Å². The van der Waals surface area contributed by atoms with Crippen molar-refractivity contribution in [3.05, 3.63) is 42.1 Å². The summed E-state index contributed by atoms with van der Waals surface area (Å²) < 4.78 is 0. The molecule has 1 aliphatic rings. The SMILES string of the molecule is O=C(NC(C(=O)O)C1CC1)c1ccc2ncccc2c1. The summed E-state index contributed by atoms with van der Waals surface area (Å²) in [6, 6.07) is 8.03. The predicted molar refractivity (Wildman–Crippen MR) is 73.4 cm³/mol. The Morgan fingerprint density at radius 3 is 2.80 bits per heavy atom. The number of nitrogens with one attached hydrogen (secondary N) is 1. The molecule has 0 aliphatic heterocycles. The van der Waals surface area contributed by atoms with Crippen molar-refractivity contribution < 1.29 is 14.7 Å². The van der Waals surface area contributed by atoms with Crippen LogP contribution in [0, 0.1) is 5.92 Å². The van der Waals surface area contributed by atoms with Crippen LogP contribution in [-0.4, -0.2) is 28.0 Å². The van der Waals surface area contributed by atoms with Gasteiger partial charge in [0.05, 0.1) is 5.52 Å². The zero-order valence-electron chi connectivity index (χ0n) is 10.7. The van der Waals surface area contributed by atoms with Gasteiger partial charge in [-0.2, -0.15) is 0 Å². The number of rotatable bonds is 4. The number of carbonyl (C=O) groups excluding carboxylic acids is 1. The molecule has 1 heterocycles. The fourth-order valence-electron chi connectivity index (χ4n) is 2.25. The Morgan fingerprint density at radius 1 is 1.30 bits per heavy atom. The van der Waals surface area contributed by atoms with Crippen LogP contribution in [0.25, 0.3) is 10.9 Å². The molecule has 1 unspecified atom stereocenters. The van der Waals surface area contributed by atoms with Crippen LogP contribution in [0.3, 0.4) is 0 Å². The Morgan fingerprint density at radius 2 is 2.10 bits per heavy atom. The third-order valence-corrected chi connectivity index (χ3v) is 3.51. The van der Waals surface area contributed by atoms with Crippen LogP contribution >= 0.6 is 0 Å². The van der Waals surface area contributed by atoms with Crippen molar-refractivity contribution in [3.63, 3.8) is 0 Å². The summed E-state index contributed by atoms with van der Waals surface area (Å²) in [6.45, 7) is 0. The molecule has 1 fully saturated rings. The van der Waals surface area contributed by atoms with E-state index in [1.54, 1.807) is 30.5 Å². The van der Waals surface area contributed by atoms with Crippen LogP contribution in [0.5, 0.6) is 0 Å². The summed E-state index contributed by atoms with van der Waals surface area (Å²) in [4.78, 5) is 27.5. The second kappa shape index (κ2) is 4.92. The lowest BCUT2D eigenvalue weighted by Crippen LogP contribution is -2.42. The van der Waals surface area contributed by atoms with Crippen molar-refractivity contribution >= 4 is 22.8 Å². The average molecular weight is 270 g/mol. The van der Waals surface area contributed by atoms with Crippen LogP contribution in [-0.2, 0) is 4.79 Å². The number of carbonyl (C=O) groups is 2.